The Morgan fingerprint density at radius 2 is 1.43 bits per heavy atom. The van der Waals surface area contributed by atoms with Crippen LogP contribution in [0.1, 0.15) is 6.92 Å². The van der Waals surface area contributed by atoms with Crippen molar-refractivity contribution in [3.05, 3.63) is 6.92 Å². The molecule has 3 N–H and O–H groups in total. The summed E-state index contributed by atoms with van der Waals surface area (Å²) in [5.41, 5.74) is 0. The zero-order valence-electron chi connectivity index (χ0n) is 7.51. The maximum absolute atomic E-state index is 10.6. The van der Waals surface area contributed by atoms with Crippen molar-refractivity contribution in [2.75, 3.05) is 0 Å². The Balaban J connectivity index is 4.86. The molecule has 3 unspecified atom stereocenters. The minimum Gasteiger partial charge on any atom is -0.481 e. The predicted molar refractivity (Wildman–Crippen MR) is 44.4 cm³/mol. The fourth-order valence-corrected chi connectivity index (χ4v) is 1.04. The van der Waals surface area contributed by atoms with Gasteiger partial charge in [-0.25, -0.2) is 0 Å². The summed E-state index contributed by atoms with van der Waals surface area (Å²) in [5.74, 6) is -8.53. The fraction of sp³-hybridized carbons (Fsp3) is 0.500. The first-order chi connectivity index (χ1) is 6.29. The van der Waals surface area contributed by atoms with Gasteiger partial charge in [0.15, 0.2) is 0 Å². The number of carboxylic acid groups (broad SMARTS) is 3. The number of rotatable bonds is 5. The first kappa shape index (κ1) is 12.4. The van der Waals surface area contributed by atoms with Gasteiger partial charge >= 0.3 is 17.9 Å². The van der Waals surface area contributed by atoms with Crippen LogP contribution in [0, 0.1) is 24.7 Å². The quantitative estimate of drug-likeness (QED) is 0.577. The van der Waals surface area contributed by atoms with Crippen LogP contribution in [-0.4, -0.2) is 33.2 Å². The van der Waals surface area contributed by atoms with E-state index in [0.29, 0.717) is 0 Å². The Morgan fingerprint density at radius 3 is 1.64 bits per heavy atom. The van der Waals surface area contributed by atoms with Gasteiger partial charge in [0.25, 0.3) is 0 Å². The second-order valence-electron chi connectivity index (χ2n) is 2.94. The molecule has 0 rings (SSSR count). The van der Waals surface area contributed by atoms with Crippen molar-refractivity contribution in [3.8, 4) is 0 Å². The Kier molecular flexibility index (Phi) is 4.07. The molecule has 0 bridgehead atoms. The lowest BCUT2D eigenvalue weighted by Crippen LogP contribution is -2.36. The molecule has 0 aromatic carbocycles. The highest BCUT2D eigenvalue weighted by Gasteiger charge is 2.38. The smallest absolute Gasteiger partial charge is 0.308 e. The highest BCUT2D eigenvalue weighted by atomic mass is 16.4. The first-order valence-electron chi connectivity index (χ1n) is 3.80. The van der Waals surface area contributed by atoms with E-state index in [1.807, 2.05) is 0 Å². The van der Waals surface area contributed by atoms with Crippen molar-refractivity contribution in [2.24, 2.45) is 17.8 Å². The molecule has 0 aromatic heterocycles. The van der Waals surface area contributed by atoms with E-state index in [2.05, 4.69) is 6.92 Å². The van der Waals surface area contributed by atoms with Crippen molar-refractivity contribution in [1.82, 2.24) is 0 Å². The number of carboxylic acids is 3. The topological polar surface area (TPSA) is 112 Å². The number of hydrogen-bond acceptors (Lipinski definition) is 3. The van der Waals surface area contributed by atoms with Crippen LogP contribution in [-0.2, 0) is 14.4 Å². The molecule has 6 nitrogen and oxygen atoms in total. The molecule has 0 aliphatic rings. The summed E-state index contributed by atoms with van der Waals surface area (Å²) in [4.78, 5) is 31.6. The Hall–Kier alpha value is -1.59. The molecule has 0 spiro atoms. The predicted octanol–water partition coefficient (Wildman–Crippen LogP) is -0.0572. The number of carbonyl (C=O) groups is 3. The van der Waals surface area contributed by atoms with Gasteiger partial charge in [0, 0.05) is 0 Å². The summed E-state index contributed by atoms with van der Waals surface area (Å²) in [6.45, 7) is 4.26. The van der Waals surface area contributed by atoms with Crippen LogP contribution in [0.25, 0.3) is 0 Å². The molecular formula is C8H11O6. The van der Waals surface area contributed by atoms with E-state index < -0.39 is 35.7 Å². The molecule has 0 aliphatic carbocycles. The summed E-state index contributed by atoms with van der Waals surface area (Å²) in [5, 5.41) is 25.7. The molecule has 3 atom stereocenters. The highest BCUT2D eigenvalue weighted by molar-refractivity contribution is 5.85. The molecule has 0 aliphatic heterocycles. The van der Waals surface area contributed by atoms with Crippen LogP contribution in [0.4, 0.5) is 0 Å². The van der Waals surface area contributed by atoms with Gasteiger partial charge < -0.3 is 15.3 Å². The highest BCUT2D eigenvalue weighted by Crippen LogP contribution is 2.21. The van der Waals surface area contributed by atoms with Crippen LogP contribution in [0.2, 0.25) is 0 Å². The lowest BCUT2D eigenvalue weighted by atomic mass is 9.83. The Morgan fingerprint density at radius 1 is 1.00 bits per heavy atom. The molecular weight excluding hydrogens is 192 g/mol. The summed E-state index contributed by atoms with van der Waals surface area (Å²) < 4.78 is 0. The van der Waals surface area contributed by atoms with Gasteiger partial charge in [0.05, 0.1) is 17.8 Å². The zero-order chi connectivity index (χ0) is 11.5. The van der Waals surface area contributed by atoms with Crippen molar-refractivity contribution < 1.29 is 29.7 Å². The molecule has 79 valence electrons. The minimum atomic E-state index is -1.52. The van der Waals surface area contributed by atoms with E-state index in [1.54, 1.807) is 0 Å². The Bertz CT molecular complexity index is 239. The van der Waals surface area contributed by atoms with Gasteiger partial charge in [0.1, 0.15) is 0 Å². The van der Waals surface area contributed by atoms with Crippen LogP contribution in [0.15, 0.2) is 0 Å². The molecule has 14 heavy (non-hydrogen) atoms. The van der Waals surface area contributed by atoms with Crippen LogP contribution in [0.3, 0.4) is 0 Å². The largest absolute Gasteiger partial charge is 0.481 e. The maximum Gasteiger partial charge on any atom is 0.308 e. The van der Waals surface area contributed by atoms with Gasteiger partial charge in [-0.2, -0.15) is 0 Å². The fourth-order valence-electron chi connectivity index (χ4n) is 1.04. The third-order valence-electron chi connectivity index (χ3n) is 1.96. The van der Waals surface area contributed by atoms with Crippen molar-refractivity contribution in [1.29, 1.82) is 0 Å². The van der Waals surface area contributed by atoms with Gasteiger partial charge in [0.2, 0.25) is 0 Å². The summed E-state index contributed by atoms with van der Waals surface area (Å²) in [6.07, 6.45) is 0. The standard InChI is InChI=1S/C8H11O6/c1-3(6(9)10)5(8(13)14)4(2)7(11)12/h3-5H,1H2,2H3,(H,9,10)(H,11,12)(H,13,14). The average Bonchev–Trinajstić information content (AvgIpc) is 2.03. The maximum atomic E-state index is 10.6. The second kappa shape index (κ2) is 4.59. The van der Waals surface area contributed by atoms with E-state index in [1.165, 1.54) is 0 Å². The van der Waals surface area contributed by atoms with Crippen LogP contribution < -0.4 is 0 Å². The van der Waals surface area contributed by atoms with Crippen molar-refractivity contribution in [2.45, 2.75) is 6.92 Å². The molecule has 1 radical (unpaired) electrons. The van der Waals surface area contributed by atoms with Gasteiger partial charge in [-0.15, -0.1) is 0 Å². The molecule has 0 saturated heterocycles. The zero-order valence-corrected chi connectivity index (χ0v) is 7.51. The molecule has 0 fully saturated rings. The lowest BCUT2D eigenvalue weighted by Gasteiger charge is -2.19. The summed E-state index contributed by atoms with van der Waals surface area (Å²) in [6, 6.07) is 0. The van der Waals surface area contributed by atoms with Gasteiger partial charge in [-0.1, -0.05) is 6.92 Å². The SMILES string of the molecule is [CH2]C(C(=O)O)C(C(=O)O)C(C)C(=O)O. The molecule has 0 aromatic rings. The minimum absolute atomic E-state index is 1.14. The normalized spacial score (nSPS) is 16.7. The first-order valence-corrected chi connectivity index (χ1v) is 3.80. The van der Waals surface area contributed by atoms with E-state index >= 15 is 0 Å². The van der Waals surface area contributed by atoms with Crippen molar-refractivity contribution in [3.63, 3.8) is 0 Å². The summed E-state index contributed by atoms with van der Waals surface area (Å²) in [7, 11) is 0. The average molecular weight is 203 g/mol. The van der Waals surface area contributed by atoms with Gasteiger partial charge in [-0.05, 0) is 6.92 Å². The van der Waals surface area contributed by atoms with E-state index in [9.17, 15) is 14.4 Å². The Labute approximate surface area is 80.2 Å². The van der Waals surface area contributed by atoms with E-state index in [-0.39, 0.29) is 0 Å². The molecule has 0 saturated carbocycles. The molecule has 0 heterocycles. The third-order valence-corrected chi connectivity index (χ3v) is 1.96. The van der Waals surface area contributed by atoms with E-state index in [4.69, 9.17) is 15.3 Å². The third kappa shape index (κ3) is 2.72. The number of aliphatic carboxylic acids is 3. The van der Waals surface area contributed by atoms with Crippen LogP contribution in [0.5, 0.6) is 0 Å². The van der Waals surface area contributed by atoms with E-state index in [0.717, 1.165) is 6.92 Å². The molecule has 6 heteroatoms. The monoisotopic (exact) mass is 203 g/mol. The van der Waals surface area contributed by atoms with Crippen LogP contribution >= 0.6 is 0 Å². The van der Waals surface area contributed by atoms with Crippen molar-refractivity contribution >= 4 is 17.9 Å². The second-order valence-corrected chi connectivity index (χ2v) is 2.94. The molecule has 0 amide bonds. The number of hydrogen-bond donors (Lipinski definition) is 3. The summed E-state index contributed by atoms with van der Waals surface area (Å²) >= 11 is 0. The lowest BCUT2D eigenvalue weighted by molar-refractivity contribution is -0.159. The van der Waals surface area contributed by atoms with Gasteiger partial charge in [-0.3, -0.25) is 14.4 Å².